The van der Waals surface area contributed by atoms with Crippen LogP contribution in [0.3, 0.4) is 0 Å². The lowest BCUT2D eigenvalue weighted by Gasteiger charge is -1.87. The molecule has 0 unspecified atom stereocenters. The maximum absolute atomic E-state index is 4.06. The number of nitrogens with zero attached hydrogens (tertiary/aromatic N) is 4. The average Bonchev–Trinajstić information content (AvgIpc) is 2.34. The topological polar surface area (TPSA) is 43.1 Å². The van der Waals surface area contributed by atoms with Crippen LogP contribution in [0.4, 0.5) is 0 Å². The van der Waals surface area contributed by atoms with Gasteiger partial charge in [-0.15, -0.1) is 0 Å². The second kappa shape index (κ2) is 1.76. The maximum atomic E-state index is 4.06. The van der Waals surface area contributed by atoms with E-state index in [4.69, 9.17) is 0 Å². The SMILES string of the molecule is Cc1ncn2ncncc12. The minimum Gasteiger partial charge on any atom is -0.241 e. The zero-order valence-corrected chi connectivity index (χ0v) is 5.52. The number of aromatic nitrogens is 4. The highest BCUT2D eigenvalue weighted by Gasteiger charge is 1.96. The molecule has 2 rings (SSSR count). The summed E-state index contributed by atoms with van der Waals surface area (Å²) < 4.78 is 1.70. The van der Waals surface area contributed by atoms with Crippen molar-refractivity contribution in [3.63, 3.8) is 0 Å². The van der Waals surface area contributed by atoms with Crippen LogP contribution in [0.1, 0.15) is 5.69 Å². The van der Waals surface area contributed by atoms with E-state index in [1.807, 2.05) is 6.92 Å². The molecule has 50 valence electrons. The lowest BCUT2D eigenvalue weighted by atomic mass is 10.4. The minimum atomic E-state index is 0.959. The van der Waals surface area contributed by atoms with Crippen molar-refractivity contribution in [1.82, 2.24) is 19.6 Å². The molecule has 0 N–H and O–H groups in total. The summed E-state index contributed by atoms with van der Waals surface area (Å²) in [6.07, 6.45) is 4.91. The third-order valence-electron chi connectivity index (χ3n) is 1.42. The predicted molar refractivity (Wildman–Crippen MR) is 35.5 cm³/mol. The molecule has 4 nitrogen and oxygen atoms in total. The van der Waals surface area contributed by atoms with Gasteiger partial charge in [0.05, 0.1) is 11.9 Å². The van der Waals surface area contributed by atoms with Gasteiger partial charge in [-0.2, -0.15) is 5.10 Å². The Balaban J connectivity index is 2.93. The number of fused-ring (bicyclic) bond motifs is 1. The first-order chi connectivity index (χ1) is 4.88. The molecular weight excluding hydrogens is 128 g/mol. The molecule has 0 aromatic carbocycles. The van der Waals surface area contributed by atoms with E-state index in [9.17, 15) is 0 Å². The molecular formula is C6H6N4. The highest BCUT2D eigenvalue weighted by molar-refractivity contribution is 5.47. The van der Waals surface area contributed by atoms with E-state index in [0.717, 1.165) is 11.2 Å². The molecule has 4 heteroatoms. The van der Waals surface area contributed by atoms with Crippen LogP contribution in [-0.2, 0) is 0 Å². The van der Waals surface area contributed by atoms with Gasteiger partial charge in [0.1, 0.15) is 18.2 Å². The summed E-state index contributed by atoms with van der Waals surface area (Å²) in [6, 6.07) is 0. The third-order valence-corrected chi connectivity index (χ3v) is 1.42. The number of hydrogen-bond acceptors (Lipinski definition) is 3. The number of hydrogen-bond donors (Lipinski definition) is 0. The van der Waals surface area contributed by atoms with Crippen molar-refractivity contribution in [2.45, 2.75) is 6.92 Å². The van der Waals surface area contributed by atoms with Gasteiger partial charge in [0, 0.05) is 0 Å². The fourth-order valence-corrected chi connectivity index (χ4v) is 0.869. The molecule has 0 spiro atoms. The molecule has 2 heterocycles. The summed E-state index contributed by atoms with van der Waals surface area (Å²) >= 11 is 0. The van der Waals surface area contributed by atoms with Gasteiger partial charge in [-0.05, 0) is 6.92 Å². The predicted octanol–water partition coefficient (Wildman–Crippen LogP) is 0.433. The Kier molecular flexibility index (Phi) is 0.943. The summed E-state index contributed by atoms with van der Waals surface area (Å²) in [7, 11) is 0. The van der Waals surface area contributed by atoms with Crippen molar-refractivity contribution in [3.8, 4) is 0 Å². The molecule has 0 bridgehead atoms. The first kappa shape index (κ1) is 5.34. The Morgan fingerprint density at radius 3 is 3.20 bits per heavy atom. The van der Waals surface area contributed by atoms with Gasteiger partial charge in [-0.3, -0.25) is 0 Å². The number of aryl methyl sites for hydroxylation is 1. The monoisotopic (exact) mass is 134 g/mol. The number of rotatable bonds is 0. The summed E-state index contributed by atoms with van der Waals surface area (Å²) in [6.45, 7) is 1.93. The molecule has 2 aromatic rings. The lowest BCUT2D eigenvalue weighted by Crippen LogP contribution is -1.88. The van der Waals surface area contributed by atoms with Crippen LogP contribution in [-0.4, -0.2) is 19.6 Å². The van der Waals surface area contributed by atoms with Gasteiger partial charge < -0.3 is 0 Å². The Bertz CT molecular complexity index is 351. The summed E-state index contributed by atoms with van der Waals surface area (Å²) in [4.78, 5) is 7.93. The lowest BCUT2D eigenvalue weighted by molar-refractivity contribution is 0.892. The zero-order valence-electron chi connectivity index (χ0n) is 5.52. The first-order valence-corrected chi connectivity index (χ1v) is 2.98. The van der Waals surface area contributed by atoms with Crippen LogP contribution < -0.4 is 0 Å². The molecule has 0 aliphatic heterocycles. The van der Waals surface area contributed by atoms with Crippen LogP contribution >= 0.6 is 0 Å². The summed E-state index contributed by atoms with van der Waals surface area (Å²) in [5.74, 6) is 0. The highest BCUT2D eigenvalue weighted by Crippen LogP contribution is 2.01. The molecule has 0 aliphatic rings. The largest absolute Gasteiger partial charge is 0.241 e. The Morgan fingerprint density at radius 1 is 1.50 bits per heavy atom. The smallest absolute Gasteiger partial charge is 0.136 e. The van der Waals surface area contributed by atoms with Crippen LogP contribution in [0.5, 0.6) is 0 Å². The van der Waals surface area contributed by atoms with Crippen LogP contribution in [0, 0.1) is 6.92 Å². The van der Waals surface area contributed by atoms with Crippen molar-refractivity contribution >= 4 is 5.52 Å². The molecule has 0 aliphatic carbocycles. The Morgan fingerprint density at radius 2 is 2.40 bits per heavy atom. The molecule has 0 radical (unpaired) electrons. The molecule has 10 heavy (non-hydrogen) atoms. The Hall–Kier alpha value is -1.45. The van der Waals surface area contributed by atoms with Gasteiger partial charge in [0.15, 0.2) is 0 Å². The molecule has 0 saturated heterocycles. The molecule has 2 aromatic heterocycles. The van der Waals surface area contributed by atoms with Crippen molar-refractivity contribution in [2.24, 2.45) is 0 Å². The average molecular weight is 134 g/mol. The van der Waals surface area contributed by atoms with Gasteiger partial charge in [0.2, 0.25) is 0 Å². The normalized spacial score (nSPS) is 10.5. The minimum absolute atomic E-state index is 0.959. The van der Waals surface area contributed by atoms with Gasteiger partial charge in [-0.1, -0.05) is 0 Å². The van der Waals surface area contributed by atoms with E-state index in [1.54, 1.807) is 17.0 Å². The van der Waals surface area contributed by atoms with Crippen molar-refractivity contribution in [1.29, 1.82) is 0 Å². The van der Waals surface area contributed by atoms with Crippen molar-refractivity contribution < 1.29 is 0 Å². The van der Waals surface area contributed by atoms with E-state index in [2.05, 4.69) is 15.1 Å². The first-order valence-electron chi connectivity index (χ1n) is 2.98. The summed E-state index contributed by atoms with van der Waals surface area (Å²) in [5.41, 5.74) is 1.92. The van der Waals surface area contributed by atoms with Crippen molar-refractivity contribution in [2.75, 3.05) is 0 Å². The van der Waals surface area contributed by atoms with Crippen LogP contribution in [0.25, 0.3) is 5.52 Å². The van der Waals surface area contributed by atoms with Gasteiger partial charge in [-0.25, -0.2) is 14.5 Å². The molecule has 0 amide bonds. The fraction of sp³-hybridized carbons (Fsp3) is 0.167. The maximum Gasteiger partial charge on any atom is 0.136 e. The van der Waals surface area contributed by atoms with Gasteiger partial charge >= 0.3 is 0 Å². The van der Waals surface area contributed by atoms with E-state index in [-0.39, 0.29) is 0 Å². The third kappa shape index (κ3) is 0.586. The molecule has 0 fully saturated rings. The fourth-order valence-electron chi connectivity index (χ4n) is 0.869. The molecule has 0 saturated carbocycles. The van der Waals surface area contributed by atoms with Crippen LogP contribution in [0.2, 0.25) is 0 Å². The zero-order chi connectivity index (χ0) is 6.97. The van der Waals surface area contributed by atoms with E-state index in [1.165, 1.54) is 6.33 Å². The Labute approximate surface area is 57.5 Å². The van der Waals surface area contributed by atoms with E-state index in [0.29, 0.717) is 0 Å². The highest BCUT2D eigenvalue weighted by atomic mass is 15.3. The second-order valence-electron chi connectivity index (χ2n) is 2.07. The van der Waals surface area contributed by atoms with Gasteiger partial charge in [0.25, 0.3) is 0 Å². The quantitative estimate of drug-likeness (QED) is 0.524. The van der Waals surface area contributed by atoms with E-state index < -0.39 is 0 Å². The van der Waals surface area contributed by atoms with Crippen molar-refractivity contribution in [3.05, 3.63) is 24.5 Å². The second-order valence-corrected chi connectivity index (χ2v) is 2.07. The standard InChI is InChI=1S/C6H6N4/c1-5-6-2-7-3-9-10(6)4-8-5/h2-4H,1H3. The molecule has 0 atom stereocenters. The number of imidazole rings is 1. The van der Waals surface area contributed by atoms with E-state index >= 15 is 0 Å². The van der Waals surface area contributed by atoms with Crippen LogP contribution in [0.15, 0.2) is 18.9 Å². The summed E-state index contributed by atoms with van der Waals surface area (Å²) in [5, 5.41) is 3.95.